The number of hydrogen-bond acceptors (Lipinski definition) is 7. The molecule has 1 aromatic carbocycles. The Kier molecular flexibility index (Phi) is 7.26. The van der Waals surface area contributed by atoms with Crippen molar-refractivity contribution in [3.63, 3.8) is 0 Å². The zero-order valence-corrected chi connectivity index (χ0v) is 19.0. The van der Waals surface area contributed by atoms with Crippen molar-refractivity contribution in [1.82, 2.24) is 9.80 Å². The van der Waals surface area contributed by atoms with Crippen LogP contribution >= 0.6 is 11.3 Å². The smallest absolute Gasteiger partial charge is 0.303 e. The Morgan fingerprint density at radius 3 is 2.58 bits per heavy atom. The van der Waals surface area contributed by atoms with Crippen LogP contribution < -0.4 is 10.5 Å². The van der Waals surface area contributed by atoms with Crippen molar-refractivity contribution in [2.75, 3.05) is 26.3 Å². The van der Waals surface area contributed by atoms with Crippen molar-refractivity contribution < 1.29 is 29.0 Å². The summed E-state index contributed by atoms with van der Waals surface area (Å²) in [7, 11) is 0. The normalized spacial score (nSPS) is 17.1. The first-order chi connectivity index (χ1) is 15.9. The van der Waals surface area contributed by atoms with Gasteiger partial charge in [0.05, 0.1) is 18.1 Å². The molecule has 1 atom stereocenters. The topological polar surface area (TPSA) is 122 Å². The van der Waals surface area contributed by atoms with Gasteiger partial charge in [-0.1, -0.05) is 12.1 Å². The summed E-state index contributed by atoms with van der Waals surface area (Å²) in [5.41, 5.74) is 7.45. The molecule has 33 heavy (non-hydrogen) atoms. The summed E-state index contributed by atoms with van der Waals surface area (Å²) < 4.78 is 11.3. The summed E-state index contributed by atoms with van der Waals surface area (Å²) in [6, 6.07) is 8.99. The quantitative estimate of drug-likeness (QED) is 0.540. The van der Waals surface area contributed by atoms with Crippen molar-refractivity contribution in [2.45, 2.75) is 38.6 Å². The fraction of sp³-hybridized carbons (Fsp3) is 0.435. The number of thiophene rings is 1. The van der Waals surface area contributed by atoms with Crippen molar-refractivity contribution in [3.8, 4) is 5.75 Å². The molecule has 3 N–H and O–H groups in total. The Balaban J connectivity index is 1.32. The summed E-state index contributed by atoms with van der Waals surface area (Å²) in [6.45, 7) is 4.91. The second-order valence-corrected chi connectivity index (χ2v) is 9.31. The molecule has 10 heteroatoms. The van der Waals surface area contributed by atoms with E-state index in [0.29, 0.717) is 11.5 Å². The van der Waals surface area contributed by atoms with E-state index in [4.69, 9.17) is 20.3 Å². The number of morpholine rings is 1. The van der Waals surface area contributed by atoms with Gasteiger partial charge in [0, 0.05) is 37.5 Å². The first-order valence-corrected chi connectivity index (χ1v) is 11.7. The summed E-state index contributed by atoms with van der Waals surface area (Å²) in [5, 5.41) is 8.89. The van der Waals surface area contributed by atoms with E-state index in [2.05, 4.69) is 17.0 Å². The maximum atomic E-state index is 12.8. The van der Waals surface area contributed by atoms with Gasteiger partial charge in [-0.2, -0.15) is 0 Å². The predicted molar refractivity (Wildman–Crippen MR) is 121 cm³/mol. The molecule has 1 saturated heterocycles. The van der Waals surface area contributed by atoms with Crippen molar-refractivity contribution >= 4 is 29.1 Å². The predicted octanol–water partition coefficient (Wildman–Crippen LogP) is 1.83. The van der Waals surface area contributed by atoms with E-state index in [1.165, 1.54) is 21.8 Å². The molecule has 1 unspecified atom stereocenters. The molecule has 2 aliphatic heterocycles. The molecule has 0 saturated carbocycles. The van der Waals surface area contributed by atoms with Gasteiger partial charge in [0.25, 0.3) is 5.91 Å². The average molecular weight is 474 g/mol. The van der Waals surface area contributed by atoms with Crippen LogP contribution in [0.1, 0.15) is 38.5 Å². The third kappa shape index (κ3) is 5.70. The van der Waals surface area contributed by atoms with Crippen LogP contribution in [-0.2, 0) is 34.0 Å². The molecule has 0 radical (unpaired) electrons. The van der Waals surface area contributed by atoms with Gasteiger partial charge in [0.15, 0.2) is 0 Å². The number of ether oxygens (including phenoxy) is 2. The van der Waals surface area contributed by atoms with E-state index < -0.39 is 17.9 Å². The lowest BCUT2D eigenvalue weighted by Crippen LogP contribution is -2.45. The second kappa shape index (κ2) is 10.3. The van der Waals surface area contributed by atoms with Crippen molar-refractivity contribution in [2.24, 2.45) is 5.73 Å². The minimum atomic E-state index is -1.03. The number of nitrogens with zero attached hydrogens (tertiary/aromatic N) is 2. The maximum absolute atomic E-state index is 12.8. The van der Waals surface area contributed by atoms with Gasteiger partial charge >= 0.3 is 5.97 Å². The van der Waals surface area contributed by atoms with E-state index in [9.17, 15) is 14.4 Å². The molecular formula is C23H27N3O6S. The number of carbonyl (C=O) groups excluding carboxylic acids is 2. The van der Waals surface area contributed by atoms with Gasteiger partial charge < -0.3 is 25.2 Å². The standard InChI is InChI=1S/C23H27N3O6S/c24-22(29)19(5-6-20(27)28)26-13-16-11-18(33-21(16)23(26)30)14-32-17-3-1-15(2-4-17)12-25-7-9-31-10-8-25/h1-4,11,19H,5-10,12-14H2,(H2,24,29)(H,27,28). The van der Waals surface area contributed by atoms with Crippen LogP contribution in [0.4, 0.5) is 0 Å². The zero-order valence-electron chi connectivity index (χ0n) is 18.2. The maximum Gasteiger partial charge on any atom is 0.303 e. The molecule has 1 fully saturated rings. The number of carboxylic acid groups (broad SMARTS) is 1. The zero-order chi connectivity index (χ0) is 23.4. The Bertz CT molecular complexity index is 1020. The lowest BCUT2D eigenvalue weighted by molar-refractivity contribution is -0.137. The minimum absolute atomic E-state index is 0.00283. The van der Waals surface area contributed by atoms with E-state index in [0.717, 1.165) is 49.0 Å². The summed E-state index contributed by atoms with van der Waals surface area (Å²) in [4.78, 5) is 40.6. The van der Waals surface area contributed by atoms with Gasteiger partial charge in [0.1, 0.15) is 18.4 Å². The molecule has 4 rings (SSSR count). The first-order valence-electron chi connectivity index (χ1n) is 10.9. The molecule has 2 aliphatic rings. The Labute approximate surface area is 195 Å². The number of nitrogens with two attached hydrogens (primary N) is 1. The number of aliphatic carboxylic acids is 1. The number of amides is 2. The van der Waals surface area contributed by atoms with Crippen molar-refractivity contribution in [1.29, 1.82) is 0 Å². The van der Waals surface area contributed by atoms with Gasteiger partial charge in [0.2, 0.25) is 5.91 Å². The highest BCUT2D eigenvalue weighted by Gasteiger charge is 2.37. The molecule has 0 spiro atoms. The number of fused-ring (bicyclic) bond motifs is 1. The van der Waals surface area contributed by atoms with Crippen LogP contribution in [0, 0.1) is 0 Å². The van der Waals surface area contributed by atoms with Gasteiger partial charge in [-0.15, -0.1) is 11.3 Å². The lowest BCUT2D eigenvalue weighted by atomic mass is 10.1. The van der Waals surface area contributed by atoms with Crippen molar-refractivity contribution in [3.05, 3.63) is 51.2 Å². The fourth-order valence-electron chi connectivity index (χ4n) is 4.07. The van der Waals surface area contributed by atoms with Crippen LogP contribution in [0.3, 0.4) is 0 Å². The Morgan fingerprint density at radius 2 is 1.94 bits per heavy atom. The fourth-order valence-corrected chi connectivity index (χ4v) is 5.11. The number of rotatable bonds is 10. The molecule has 2 amide bonds. The van der Waals surface area contributed by atoms with Gasteiger partial charge in [-0.25, -0.2) is 0 Å². The van der Waals surface area contributed by atoms with Crippen LogP contribution in [0.5, 0.6) is 5.75 Å². The highest BCUT2D eigenvalue weighted by Crippen LogP contribution is 2.33. The molecule has 176 valence electrons. The summed E-state index contributed by atoms with van der Waals surface area (Å²) >= 11 is 1.33. The molecule has 3 heterocycles. The number of primary amides is 1. The SMILES string of the molecule is NC(=O)C(CCC(=O)O)N1Cc2cc(COc3ccc(CN4CCOCC4)cc3)sc2C1=O. The first kappa shape index (κ1) is 23.2. The highest BCUT2D eigenvalue weighted by molar-refractivity contribution is 7.14. The van der Waals surface area contributed by atoms with E-state index in [1.54, 1.807) is 0 Å². The molecule has 0 aliphatic carbocycles. The number of hydrogen-bond donors (Lipinski definition) is 2. The van der Waals surface area contributed by atoms with Crippen LogP contribution in [0.15, 0.2) is 30.3 Å². The van der Waals surface area contributed by atoms with Crippen LogP contribution in [0.25, 0.3) is 0 Å². The average Bonchev–Trinajstić information content (AvgIpc) is 3.33. The molecule has 0 bridgehead atoms. The number of carbonyl (C=O) groups is 3. The summed E-state index contributed by atoms with van der Waals surface area (Å²) in [5.74, 6) is -1.26. The Hall–Kier alpha value is -2.95. The molecule has 2 aromatic rings. The third-order valence-corrected chi connectivity index (χ3v) is 6.95. The second-order valence-electron chi connectivity index (χ2n) is 8.17. The molecule has 9 nitrogen and oxygen atoms in total. The number of benzene rings is 1. The lowest BCUT2D eigenvalue weighted by Gasteiger charge is -2.26. The van der Waals surface area contributed by atoms with Gasteiger partial charge in [-0.3, -0.25) is 19.3 Å². The Morgan fingerprint density at radius 1 is 1.21 bits per heavy atom. The molecule has 1 aromatic heterocycles. The van der Waals surface area contributed by atoms with Gasteiger partial charge in [-0.05, 0) is 35.7 Å². The van der Waals surface area contributed by atoms with E-state index in [-0.39, 0.29) is 25.3 Å². The number of carboxylic acids is 1. The molecular weight excluding hydrogens is 446 g/mol. The van der Waals surface area contributed by atoms with Crippen LogP contribution in [0.2, 0.25) is 0 Å². The van der Waals surface area contributed by atoms with Crippen LogP contribution in [-0.4, -0.2) is 65.0 Å². The highest BCUT2D eigenvalue weighted by atomic mass is 32.1. The van der Waals surface area contributed by atoms with E-state index >= 15 is 0 Å². The largest absolute Gasteiger partial charge is 0.488 e. The summed E-state index contributed by atoms with van der Waals surface area (Å²) in [6.07, 6.45) is -0.224. The minimum Gasteiger partial charge on any atom is -0.488 e. The van der Waals surface area contributed by atoms with E-state index in [1.807, 2.05) is 18.2 Å². The third-order valence-electron chi connectivity index (χ3n) is 5.81. The monoisotopic (exact) mass is 473 g/mol.